The van der Waals surface area contributed by atoms with Crippen molar-refractivity contribution in [2.24, 2.45) is 5.92 Å². The van der Waals surface area contributed by atoms with E-state index in [1.54, 1.807) is 0 Å². The minimum absolute atomic E-state index is 0.291. The van der Waals surface area contributed by atoms with E-state index in [1.165, 1.54) is 57.9 Å². The van der Waals surface area contributed by atoms with Crippen LogP contribution in [-0.4, -0.2) is 34.7 Å². The average Bonchev–Trinajstić information content (AvgIpc) is 2.29. The Labute approximate surface area is 92.7 Å². The summed E-state index contributed by atoms with van der Waals surface area (Å²) in [7, 11) is 0. The van der Waals surface area contributed by atoms with Gasteiger partial charge in [0.05, 0.1) is 5.60 Å². The van der Waals surface area contributed by atoms with E-state index < -0.39 is 0 Å². The van der Waals surface area contributed by atoms with Gasteiger partial charge in [0.25, 0.3) is 0 Å². The van der Waals surface area contributed by atoms with Crippen LogP contribution in [0.2, 0.25) is 0 Å². The van der Waals surface area contributed by atoms with Gasteiger partial charge in [-0.15, -0.1) is 0 Å². The number of hydrogen-bond donors (Lipinski definition) is 1. The van der Waals surface area contributed by atoms with Gasteiger partial charge in [0.2, 0.25) is 0 Å². The first-order valence-corrected chi connectivity index (χ1v) is 6.77. The summed E-state index contributed by atoms with van der Waals surface area (Å²) in [5.74, 6) is 0.616. The monoisotopic (exact) mass is 209 g/mol. The number of aliphatic hydroxyl groups is 1. The smallest absolute Gasteiger partial charge is 0.0956 e. The molecule has 0 aromatic heterocycles. The molecule has 0 aromatic carbocycles. The Kier molecular flexibility index (Phi) is 2.52. The van der Waals surface area contributed by atoms with Crippen LogP contribution in [0.3, 0.4) is 0 Å². The Morgan fingerprint density at radius 3 is 2.40 bits per heavy atom. The molecule has 2 heterocycles. The highest BCUT2D eigenvalue weighted by molar-refractivity contribution is 5.10. The molecule has 0 radical (unpaired) electrons. The molecule has 3 aliphatic rings. The molecule has 0 amide bonds. The van der Waals surface area contributed by atoms with E-state index in [0.717, 1.165) is 6.54 Å². The molecule has 0 bridgehead atoms. The minimum atomic E-state index is -0.291. The number of piperidine rings is 1. The zero-order chi connectivity index (χ0) is 10.3. The van der Waals surface area contributed by atoms with Gasteiger partial charge in [-0.2, -0.15) is 0 Å². The minimum Gasteiger partial charge on any atom is -0.387 e. The summed E-state index contributed by atoms with van der Waals surface area (Å²) in [6.45, 7) is 2.21. The van der Waals surface area contributed by atoms with E-state index in [2.05, 4.69) is 4.90 Å². The molecule has 15 heavy (non-hydrogen) atoms. The fourth-order valence-corrected chi connectivity index (χ4v) is 4.07. The van der Waals surface area contributed by atoms with Crippen LogP contribution in [0.15, 0.2) is 0 Å². The predicted octanol–water partition coefficient (Wildman–Crippen LogP) is 2.17. The van der Waals surface area contributed by atoms with Crippen molar-refractivity contribution in [3.63, 3.8) is 0 Å². The van der Waals surface area contributed by atoms with Gasteiger partial charge in [0, 0.05) is 12.6 Å². The molecule has 1 saturated carbocycles. The van der Waals surface area contributed by atoms with Gasteiger partial charge in [-0.25, -0.2) is 0 Å². The Morgan fingerprint density at radius 1 is 0.933 bits per heavy atom. The van der Waals surface area contributed by atoms with E-state index in [9.17, 15) is 5.11 Å². The van der Waals surface area contributed by atoms with Crippen LogP contribution in [-0.2, 0) is 0 Å². The van der Waals surface area contributed by atoms with E-state index in [1.807, 2.05) is 0 Å². The molecule has 0 unspecified atom stereocenters. The Bertz CT molecular complexity index is 227. The first kappa shape index (κ1) is 10.1. The summed E-state index contributed by atoms with van der Waals surface area (Å²) < 4.78 is 0. The normalized spacial score (nSPS) is 43.4. The second-order valence-electron chi connectivity index (χ2n) is 5.81. The molecule has 0 aromatic rings. The summed E-state index contributed by atoms with van der Waals surface area (Å²) in [4.78, 5) is 2.51. The van der Waals surface area contributed by atoms with Gasteiger partial charge in [-0.1, -0.05) is 25.7 Å². The van der Waals surface area contributed by atoms with Gasteiger partial charge in [-0.3, -0.25) is 4.90 Å². The van der Waals surface area contributed by atoms with Crippen molar-refractivity contribution in [3.05, 3.63) is 0 Å². The molecule has 1 aliphatic carbocycles. The Hall–Kier alpha value is -0.0800. The van der Waals surface area contributed by atoms with Crippen molar-refractivity contribution in [3.8, 4) is 0 Å². The van der Waals surface area contributed by atoms with Crippen LogP contribution in [0.1, 0.15) is 51.4 Å². The van der Waals surface area contributed by atoms with Crippen LogP contribution in [0.4, 0.5) is 0 Å². The largest absolute Gasteiger partial charge is 0.387 e. The third kappa shape index (κ3) is 1.53. The summed E-state index contributed by atoms with van der Waals surface area (Å²) >= 11 is 0. The highest BCUT2D eigenvalue weighted by atomic mass is 16.3. The molecule has 3 fully saturated rings. The standard InChI is InChI=1S/C13H23NO/c15-13(11-6-2-1-3-7-11)10-14-9-5-4-8-12(13)14/h11-12,15H,1-10H2/t12-,13+/m1/s1. The van der Waals surface area contributed by atoms with Crippen molar-refractivity contribution in [1.82, 2.24) is 4.90 Å². The van der Waals surface area contributed by atoms with Crippen LogP contribution >= 0.6 is 0 Å². The summed E-state index contributed by atoms with van der Waals surface area (Å²) in [6.07, 6.45) is 10.6. The van der Waals surface area contributed by atoms with E-state index in [-0.39, 0.29) is 5.60 Å². The van der Waals surface area contributed by atoms with Crippen molar-refractivity contribution >= 4 is 0 Å². The predicted molar refractivity (Wildman–Crippen MR) is 60.7 cm³/mol. The summed E-state index contributed by atoms with van der Waals surface area (Å²) in [6, 6.07) is 0.523. The number of nitrogens with zero attached hydrogens (tertiary/aromatic N) is 1. The fourth-order valence-electron chi connectivity index (χ4n) is 4.07. The van der Waals surface area contributed by atoms with Crippen LogP contribution in [0.25, 0.3) is 0 Å². The van der Waals surface area contributed by atoms with Crippen LogP contribution in [0.5, 0.6) is 0 Å². The summed E-state index contributed by atoms with van der Waals surface area (Å²) in [5, 5.41) is 10.8. The fraction of sp³-hybridized carbons (Fsp3) is 1.00. The van der Waals surface area contributed by atoms with E-state index in [4.69, 9.17) is 0 Å². The topological polar surface area (TPSA) is 23.5 Å². The third-order valence-electron chi connectivity index (χ3n) is 4.96. The first-order chi connectivity index (χ1) is 7.31. The van der Waals surface area contributed by atoms with Crippen molar-refractivity contribution in [2.75, 3.05) is 13.1 Å². The highest BCUT2D eigenvalue weighted by Gasteiger charge is 2.55. The molecule has 2 atom stereocenters. The molecule has 2 nitrogen and oxygen atoms in total. The van der Waals surface area contributed by atoms with Crippen molar-refractivity contribution in [2.45, 2.75) is 63.0 Å². The first-order valence-electron chi connectivity index (χ1n) is 6.77. The molecular formula is C13H23NO. The highest BCUT2D eigenvalue weighted by Crippen LogP contribution is 2.45. The summed E-state index contributed by atoms with van der Waals surface area (Å²) in [5.41, 5.74) is -0.291. The lowest BCUT2D eigenvalue weighted by Crippen LogP contribution is -2.73. The third-order valence-corrected chi connectivity index (χ3v) is 4.96. The van der Waals surface area contributed by atoms with Gasteiger partial charge >= 0.3 is 0 Å². The van der Waals surface area contributed by atoms with Gasteiger partial charge < -0.3 is 5.11 Å². The van der Waals surface area contributed by atoms with Crippen molar-refractivity contribution in [1.29, 1.82) is 0 Å². The second-order valence-corrected chi connectivity index (χ2v) is 5.81. The lowest BCUT2D eigenvalue weighted by atomic mass is 9.65. The van der Waals surface area contributed by atoms with E-state index >= 15 is 0 Å². The number of rotatable bonds is 1. The molecule has 2 heteroatoms. The Balaban J connectivity index is 1.68. The molecule has 1 N–H and O–H groups in total. The molecule has 0 spiro atoms. The zero-order valence-corrected chi connectivity index (χ0v) is 9.62. The molecule has 86 valence electrons. The van der Waals surface area contributed by atoms with Crippen LogP contribution in [0, 0.1) is 5.92 Å². The molecule has 2 saturated heterocycles. The van der Waals surface area contributed by atoms with Gasteiger partial charge in [-0.05, 0) is 38.1 Å². The van der Waals surface area contributed by atoms with Crippen LogP contribution < -0.4 is 0 Å². The maximum absolute atomic E-state index is 10.8. The second kappa shape index (κ2) is 3.74. The Morgan fingerprint density at radius 2 is 1.67 bits per heavy atom. The molecule has 3 rings (SSSR count). The zero-order valence-electron chi connectivity index (χ0n) is 9.62. The van der Waals surface area contributed by atoms with Gasteiger partial charge in [0.1, 0.15) is 0 Å². The number of hydrogen-bond acceptors (Lipinski definition) is 2. The average molecular weight is 209 g/mol. The number of fused-ring (bicyclic) bond motifs is 1. The lowest BCUT2D eigenvalue weighted by Gasteiger charge is -2.60. The van der Waals surface area contributed by atoms with E-state index in [0.29, 0.717) is 12.0 Å². The van der Waals surface area contributed by atoms with Crippen molar-refractivity contribution < 1.29 is 5.11 Å². The maximum Gasteiger partial charge on any atom is 0.0956 e. The lowest BCUT2D eigenvalue weighted by molar-refractivity contribution is -0.201. The molecule has 2 aliphatic heterocycles. The molecular weight excluding hydrogens is 186 g/mol. The SMILES string of the molecule is O[C@]1(C2CCCCC2)CN2CCCC[C@@H]21. The maximum atomic E-state index is 10.8. The van der Waals surface area contributed by atoms with Gasteiger partial charge in [0.15, 0.2) is 0 Å². The quantitative estimate of drug-likeness (QED) is 0.715.